The van der Waals surface area contributed by atoms with Crippen LogP contribution >= 0.6 is 24.8 Å². The summed E-state index contributed by atoms with van der Waals surface area (Å²) in [6.07, 6.45) is 5.68. The molecule has 0 aromatic carbocycles. The first-order valence-electron chi connectivity index (χ1n) is 5.82. The van der Waals surface area contributed by atoms with Crippen molar-refractivity contribution in [2.75, 3.05) is 26.2 Å². The first-order valence-corrected chi connectivity index (χ1v) is 5.82. The minimum Gasteiger partial charge on any atom is -0.316 e. The molecule has 0 bridgehead atoms. The van der Waals surface area contributed by atoms with Gasteiger partial charge >= 0.3 is 0 Å². The molecule has 2 aliphatic rings. The largest absolute Gasteiger partial charge is 0.316 e. The minimum absolute atomic E-state index is 0. The van der Waals surface area contributed by atoms with Crippen LogP contribution in [-0.4, -0.2) is 37.1 Å². The molecule has 0 amide bonds. The molecule has 2 saturated heterocycles. The highest BCUT2D eigenvalue weighted by Gasteiger charge is 2.26. The van der Waals surface area contributed by atoms with Crippen LogP contribution in [0.3, 0.4) is 0 Å². The maximum absolute atomic E-state index is 3.47. The van der Waals surface area contributed by atoms with Crippen LogP contribution in [0.4, 0.5) is 0 Å². The van der Waals surface area contributed by atoms with E-state index in [1.807, 2.05) is 0 Å². The van der Waals surface area contributed by atoms with Gasteiger partial charge < -0.3 is 10.2 Å². The molecule has 1 N–H and O–H groups in total. The third-order valence-electron chi connectivity index (χ3n) is 3.75. The molecule has 2 fully saturated rings. The van der Waals surface area contributed by atoms with E-state index in [1.165, 1.54) is 51.9 Å². The number of likely N-dealkylation sites (tertiary alicyclic amines) is 1. The first-order chi connectivity index (χ1) is 6.38. The Morgan fingerprint density at radius 1 is 1.13 bits per heavy atom. The molecule has 2 heterocycles. The van der Waals surface area contributed by atoms with Gasteiger partial charge in [0.05, 0.1) is 0 Å². The fourth-order valence-corrected chi connectivity index (χ4v) is 2.71. The summed E-state index contributed by atoms with van der Waals surface area (Å²) in [7, 11) is 0. The van der Waals surface area contributed by atoms with Crippen LogP contribution in [-0.2, 0) is 0 Å². The lowest BCUT2D eigenvalue weighted by Gasteiger charge is -2.35. The number of halogens is 2. The summed E-state index contributed by atoms with van der Waals surface area (Å²) in [5.41, 5.74) is 0. The Bertz CT molecular complexity index is 155. The SMILES string of the molecule is CC(C1CCNC1)N1CCCCC1.Cl.Cl. The van der Waals surface area contributed by atoms with Crippen molar-refractivity contribution in [3.63, 3.8) is 0 Å². The molecule has 4 heteroatoms. The molecule has 2 rings (SSSR count). The van der Waals surface area contributed by atoms with Gasteiger partial charge in [-0.2, -0.15) is 0 Å². The lowest BCUT2D eigenvalue weighted by atomic mass is 9.97. The molecule has 2 nitrogen and oxygen atoms in total. The van der Waals surface area contributed by atoms with E-state index in [1.54, 1.807) is 0 Å². The molecule has 0 aromatic rings. The third kappa shape index (κ3) is 4.10. The summed E-state index contributed by atoms with van der Waals surface area (Å²) in [5.74, 6) is 0.915. The van der Waals surface area contributed by atoms with Crippen LogP contribution in [0.15, 0.2) is 0 Å². The Morgan fingerprint density at radius 2 is 1.80 bits per heavy atom. The van der Waals surface area contributed by atoms with Gasteiger partial charge in [0.25, 0.3) is 0 Å². The summed E-state index contributed by atoms with van der Waals surface area (Å²) in [5, 5.41) is 3.47. The van der Waals surface area contributed by atoms with E-state index in [0.29, 0.717) is 0 Å². The van der Waals surface area contributed by atoms with E-state index in [9.17, 15) is 0 Å². The van der Waals surface area contributed by atoms with Gasteiger partial charge in [-0.3, -0.25) is 0 Å². The smallest absolute Gasteiger partial charge is 0.0108 e. The van der Waals surface area contributed by atoms with Crippen LogP contribution in [0.5, 0.6) is 0 Å². The van der Waals surface area contributed by atoms with Crippen molar-refractivity contribution in [1.82, 2.24) is 10.2 Å². The van der Waals surface area contributed by atoms with Gasteiger partial charge in [0.1, 0.15) is 0 Å². The molecule has 0 aromatic heterocycles. The van der Waals surface area contributed by atoms with Crippen molar-refractivity contribution in [3.05, 3.63) is 0 Å². The van der Waals surface area contributed by atoms with Crippen LogP contribution in [0.1, 0.15) is 32.6 Å². The zero-order valence-electron chi connectivity index (χ0n) is 9.58. The Hall–Kier alpha value is 0.500. The summed E-state index contributed by atoms with van der Waals surface area (Å²) >= 11 is 0. The van der Waals surface area contributed by atoms with Crippen molar-refractivity contribution < 1.29 is 0 Å². The lowest BCUT2D eigenvalue weighted by molar-refractivity contribution is 0.134. The fourth-order valence-electron chi connectivity index (χ4n) is 2.71. The summed E-state index contributed by atoms with van der Waals surface area (Å²) in [6.45, 7) is 7.60. The van der Waals surface area contributed by atoms with Crippen molar-refractivity contribution in [1.29, 1.82) is 0 Å². The third-order valence-corrected chi connectivity index (χ3v) is 3.75. The van der Waals surface area contributed by atoms with Gasteiger partial charge in [-0.1, -0.05) is 6.42 Å². The van der Waals surface area contributed by atoms with Crippen molar-refractivity contribution in [2.24, 2.45) is 5.92 Å². The average Bonchev–Trinajstić information content (AvgIpc) is 2.71. The maximum Gasteiger partial charge on any atom is 0.0108 e. The van der Waals surface area contributed by atoms with E-state index in [-0.39, 0.29) is 24.8 Å². The Kier molecular flexibility index (Phi) is 7.98. The Labute approximate surface area is 106 Å². The molecule has 15 heavy (non-hydrogen) atoms. The van der Waals surface area contributed by atoms with Crippen LogP contribution < -0.4 is 5.32 Å². The van der Waals surface area contributed by atoms with Crippen molar-refractivity contribution in [3.8, 4) is 0 Å². The molecule has 0 aliphatic carbocycles. The molecular weight excluding hydrogens is 231 g/mol. The predicted molar refractivity (Wildman–Crippen MR) is 70.4 cm³/mol. The highest BCUT2D eigenvalue weighted by atomic mass is 35.5. The number of piperidine rings is 1. The summed E-state index contributed by atoms with van der Waals surface area (Å²) in [6, 6.07) is 0.815. The van der Waals surface area contributed by atoms with E-state index >= 15 is 0 Å². The Balaban J connectivity index is 0.000000980. The van der Waals surface area contributed by atoms with Gasteiger partial charge in [0.15, 0.2) is 0 Å². The molecular formula is C11H24Cl2N2. The maximum atomic E-state index is 3.47. The van der Waals surface area contributed by atoms with Crippen molar-refractivity contribution >= 4 is 24.8 Å². The van der Waals surface area contributed by atoms with Gasteiger partial charge in [-0.25, -0.2) is 0 Å². The molecule has 0 radical (unpaired) electrons. The van der Waals surface area contributed by atoms with E-state index < -0.39 is 0 Å². The molecule has 0 saturated carbocycles. The van der Waals surface area contributed by atoms with E-state index in [4.69, 9.17) is 0 Å². The quantitative estimate of drug-likeness (QED) is 0.814. The van der Waals surface area contributed by atoms with E-state index in [2.05, 4.69) is 17.1 Å². The van der Waals surface area contributed by atoms with Gasteiger partial charge in [-0.05, 0) is 58.3 Å². The zero-order valence-corrected chi connectivity index (χ0v) is 11.2. The minimum atomic E-state index is 0. The second-order valence-electron chi connectivity index (χ2n) is 4.59. The molecule has 2 atom stereocenters. The molecule has 2 aliphatic heterocycles. The van der Waals surface area contributed by atoms with Crippen molar-refractivity contribution in [2.45, 2.75) is 38.6 Å². The number of nitrogens with zero attached hydrogens (tertiary/aromatic N) is 1. The number of hydrogen-bond donors (Lipinski definition) is 1. The van der Waals surface area contributed by atoms with Gasteiger partial charge in [0, 0.05) is 6.04 Å². The first kappa shape index (κ1) is 15.5. The van der Waals surface area contributed by atoms with E-state index in [0.717, 1.165) is 12.0 Å². The highest BCUT2D eigenvalue weighted by Crippen LogP contribution is 2.21. The average molecular weight is 255 g/mol. The summed E-state index contributed by atoms with van der Waals surface area (Å²) < 4.78 is 0. The van der Waals surface area contributed by atoms with Crippen LogP contribution in [0.2, 0.25) is 0 Å². The lowest BCUT2D eigenvalue weighted by Crippen LogP contribution is -2.42. The molecule has 0 spiro atoms. The highest BCUT2D eigenvalue weighted by molar-refractivity contribution is 5.85. The second-order valence-corrected chi connectivity index (χ2v) is 4.59. The van der Waals surface area contributed by atoms with Crippen LogP contribution in [0, 0.1) is 5.92 Å². The summed E-state index contributed by atoms with van der Waals surface area (Å²) in [4.78, 5) is 2.70. The standard InChI is InChI=1S/C11H22N2.2ClH/c1-10(11-5-6-12-9-11)13-7-3-2-4-8-13;;/h10-12H,2-9H2,1H3;2*1H. The van der Waals surface area contributed by atoms with Gasteiger partial charge in [-0.15, -0.1) is 24.8 Å². The van der Waals surface area contributed by atoms with Gasteiger partial charge in [0.2, 0.25) is 0 Å². The van der Waals surface area contributed by atoms with Crippen LogP contribution in [0.25, 0.3) is 0 Å². The fraction of sp³-hybridized carbons (Fsp3) is 1.00. The second kappa shape index (κ2) is 7.72. The number of rotatable bonds is 2. The monoisotopic (exact) mass is 254 g/mol. The Morgan fingerprint density at radius 3 is 2.33 bits per heavy atom. The zero-order chi connectivity index (χ0) is 9.10. The normalized spacial score (nSPS) is 29.0. The topological polar surface area (TPSA) is 15.3 Å². The number of hydrogen-bond acceptors (Lipinski definition) is 2. The predicted octanol–water partition coefficient (Wildman–Crippen LogP) is 2.31. The number of nitrogens with one attached hydrogen (secondary N) is 1. The molecule has 92 valence electrons. The molecule has 2 unspecified atom stereocenters.